The molecule has 1 heterocycles. The van der Waals surface area contributed by atoms with E-state index in [0.717, 1.165) is 10.6 Å². The van der Waals surface area contributed by atoms with Gasteiger partial charge in [0.2, 0.25) is 0 Å². The van der Waals surface area contributed by atoms with Crippen LogP contribution in [0.1, 0.15) is 23.0 Å². The Morgan fingerprint density at radius 1 is 1.43 bits per heavy atom. The molecule has 0 fully saturated rings. The second-order valence-corrected chi connectivity index (χ2v) is 6.30. The molecule has 0 atom stereocenters. The van der Waals surface area contributed by atoms with Crippen molar-refractivity contribution in [1.82, 2.24) is 20.3 Å². The highest BCUT2D eigenvalue weighted by molar-refractivity contribution is 7.99. The van der Waals surface area contributed by atoms with Crippen molar-refractivity contribution in [1.29, 1.82) is 0 Å². The predicted octanol–water partition coefficient (Wildman–Crippen LogP) is 2.06. The van der Waals surface area contributed by atoms with Gasteiger partial charge in [-0.1, -0.05) is 23.7 Å². The number of nitrogens with zero attached hydrogens (tertiary/aromatic N) is 3. The lowest BCUT2D eigenvalue weighted by Crippen LogP contribution is -2.23. The van der Waals surface area contributed by atoms with Gasteiger partial charge in [-0.05, 0) is 24.0 Å². The summed E-state index contributed by atoms with van der Waals surface area (Å²) in [5.41, 5.74) is 1.03. The van der Waals surface area contributed by atoms with E-state index in [4.69, 9.17) is 16.7 Å². The van der Waals surface area contributed by atoms with E-state index < -0.39 is 5.97 Å². The molecule has 23 heavy (non-hydrogen) atoms. The normalized spacial score (nSPS) is 10.5. The van der Waals surface area contributed by atoms with Crippen molar-refractivity contribution < 1.29 is 14.7 Å². The number of carboxylic acid groups (broad SMARTS) is 1. The summed E-state index contributed by atoms with van der Waals surface area (Å²) in [6, 6.07) is 5.10. The van der Waals surface area contributed by atoms with Crippen LogP contribution in [-0.2, 0) is 17.9 Å². The molecule has 0 bridgehead atoms. The van der Waals surface area contributed by atoms with Gasteiger partial charge in [0.25, 0.3) is 5.91 Å². The smallest absolute Gasteiger partial charge is 0.325 e. The summed E-state index contributed by atoms with van der Waals surface area (Å²) in [6.45, 7) is 1.89. The quantitative estimate of drug-likeness (QED) is 0.739. The van der Waals surface area contributed by atoms with Crippen LogP contribution in [0.15, 0.2) is 29.3 Å². The van der Waals surface area contributed by atoms with Crippen LogP contribution in [0.4, 0.5) is 0 Å². The van der Waals surface area contributed by atoms with Crippen molar-refractivity contribution >= 4 is 35.2 Å². The molecule has 2 aromatic rings. The lowest BCUT2D eigenvalue weighted by Gasteiger charge is -2.09. The summed E-state index contributed by atoms with van der Waals surface area (Å²) in [5.74, 6) is -0.428. The molecular formula is C14H15ClN4O3S. The summed E-state index contributed by atoms with van der Waals surface area (Å²) in [4.78, 5) is 23.7. The van der Waals surface area contributed by atoms with Crippen LogP contribution >= 0.6 is 23.4 Å². The van der Waals surface area contributed by atoms with Crippen LogP contribution in [0.25, 0.3) is 0 Å². The number of aromatic nitrogens is 3. The number of thioether (sulfide) groups is 1. The van der Waals surface area contributed by atoms with Crippen molar-refractivity contribution in [3.8, 4) is 0 Å². The molecule has 2 N–H and O–H groups in total. The van der Waals surface area contributed by atoms with Crippen molar-refractivity contribution in [2.24, 2.45) is 0 Å². The molecule has 0 saturated carbocycles. The summed E-state index contributed by atoms with van der Waals surface area (Å²) < 4.78 is 1.20. The molecular weight excluding hydrogens is 340 g/mol. The van der Waals surface area contributed by atoms with Gasteiger partial charge in [0, 0.05) is 9.92 Å². The highest BCUT2D eigenvalue weighted by atomic mass is 35.5. The Hall–Kier alpha value is -2.06. The number of nitrogens with one attached hydrogen (secondary N) is 1. The van der Waals surface area contributed by atoms with E-state index in [1.54, 1.807) is 18.2 Å². The number of carboxylic acids is 1. The van der Waals surface area contributed by atoms with Crippen LogP contribution in [0.3, 0.4) is 0 Å². The number of rotatable bonds is 7. The fourth-order valence-electron chi connectivity index (χ4n) is 1.86. The summed E-state index contributed by atoms with van der Waals surface area (Å²) in [5, 5.41) is 19.5. The Morgan fingerprint density at radius 3 is 2.91 bits per heavy atom. The maximum Gasteiger partial charge on any atom is 0.325 e. The first-order valence-corrected chi connectivity index (χ1v) is 8.17. The van der Waals surface area contributed by atoms with Crippen molar-refractivity contribution in [2.45, 2.75) is 24.9 Å². The monoisotopic (exact) mass is 354 g/mol. The number of carbonyl (C=O) groups excluding carboxylic acids is 1. The van der Waals surface area contributed by atoms with Gasteiger partial charge in [0.05, 0.1) is 18.3 Å². The Morgan fingerprint density at radius 2 is 2.22 bits per heavy atom. The zero-order valence-electron chi connectivity index (χ0n) is 12.3. The molecule has 0 spiro atoms. The standard InChI is InChI=1S/C14H15ClN4O3S/c1-2-23-12-5-9(15)3-4-11(12)14(22)16-6-10-7-19(18-17-10)8-13(20)21/h3-5,7H,2,6,8H2,1H3,(H,16,22)(H,20,21). The fraction of sp³-hybridized carbons (Fsp3) is 0.286. The van der Waals surface area contributed by atoms with Crippen molar-refractivity contribution in [2.75, 3.05) is 5.75 Å². The minimum atomic E-state index is -1.01. The fourth-order valence-corrected chi connectivity index (χ4v) is 2.93. The maximum absolute atomic E-state index is 12.3. The first-order valence-electron chi connectivity index (χ1n) is 6.81. The van der Waals surface area contributed by atoms with Crippen LogP contribution < -0.4 is 5.32 Å². The largest absolute Gasteiger partial charge is 0.480 e. The number of aliphatic carboxylic acids is 1. The molecule has 1 aromatic carbocycles. The molecule has 0 saturated heterocycles. The van der Waals surface area contributed by atoms with Gasteiger partial charge in [-0.15, -0.1) is 16.9 Å². The van der Waals surface area contributed by atoms with Gasteiger partial charge in [0.1, 0.15) is 12.2 Å². The Balaban J connectivity index is 2.02. The number of carbonyl (C=O) groups is 2. The van der Waals surface area contributed by atoms with Gasteiger partial charge < -0.3 is 10.4 Å². The summed E-state index contributed by atoms with van der Waals surface area (Å²) >= 11 is 7.49. The van der Waals surface area contributed by atoms with Crippen molar-refractivity contribution in [3.05, 3.63) is 40.7 Å². The van der Waals surface area contributed by atoms with Gasteiger partial charge in [-0.2, -0.15) is 0 Å². The van der Waals surface area contributed by atoms with Gasteiger partial charge >= 0.3 is 5.97 Å². The highest BCUT2D eigenvalue weighted by Crippen LogP contribution is 2.26. The molecule has 0 radical (unpaired) electrons. The zero-order valence-corrected chi connectivity index (χ0v) is 13.9. The van der Waals surface area contributed by atoms with E-state index in [9.17, 15) is 9.59 Å². The van der Waals surface area contributed by atoms with E-state index in [1.165, 1.54) is 22.6 Å². The van der Waals surface area contributed by atoms with Gasteiger partial charge in [0.15, 0.2) is 0 Å². The minimum absolute atomic E-state index is 0.164. The number of hydrogen-bond acceptors (Lipinski definition) is 5. The molecule has 0 aliphatic carbocycles. The van der Waals surface area contributed by atoms with E-state index in [2.05, 4.69) is 15.6 Å². The number of hydrogen-bond donors (Lipinski definition) is 2. The number of benzene rings is 1. The SMILES string of the molecule is CCSc1cc(Cl)ccc1C(=O)NCc1cn(CC(=O)O)nn1. The second-order valence-electron chi connectivity index (χ2n) is 4.56. The third-order valence-corrected chi connectivity index (χ3v) is 3.97. The average molecular weight is 355 g/mol. The van der Waals surface area contributed by atoms with E-state index in [1.807, 2.05) is 6.92 Å². The third-order valence-electron chi connectivity index (χ3n) is 2.80. The Labute approximate surface area is 142 Å². The Kier molecular flexibility index (Phi) is 6.00. The zero-order chi connectivity index (χ0) is 16.8. The molecule has 2 rings (SSSR count). The Bertz CT molecular complexity index is 720. The van der Waals surface area contributed by atoms with Gasteiger partial charge in [-0.25, -0.2) is 4.68 Å². The molecule has 122 valence electrons. The van der Waals surface area contributed by atoms with E-state index in [0.29, 0.717) is 16.3 Å². The second kappa shape index (κ2) is 7.98. The topological polar surface area (TPSA) is 97.1 Å². The number of amides is 1. The first kappa shape index (κ1) is 17.3. The average Bonchev–Trinajstić information content (AvgIpc) is 2.92. The van der Waals surface area contributed by atoms with E-state index >= 15 is 0 Å². The number of halogens is 1. The predicted molar refractivity (Wildman–Crippen MR) is 86.7 cm³/mol. The third kappa shape index (κ3) is 4.97. The molecule has 9 heteroatoms. The molecule has 0 unspecified atom stereocenters. The summed E-state index contributed by atoms with van der Waals surface area (Å²) in [7, 11) is 0. The lowest BCUT2D eigenvalue weighted by atomic mass is 10.2. The lowest BCUT2D eigenvalue weighted by molar-refractivity contribution is -0.137. The molecule has 0 aliphatic rings. The summed E-state index contributed by atoms with van der Waals surface area (Å²) in [6.07, 6.45) is 1.48. The minimum Gasteiger partial charge on any atom is -0.480 e. The van der Waals surface area contributed by atoms with Crippen LogP contribution in [0.2, 0.25) is 5.02 Å². The van der Waals surface area contributed by atoms with Crippen molar-refractivity contribution in [3.63, 3.8) is 0 Å². The van der Waals surface area contributed by atoms with Crippen LogP contribution in [-0.4, -0.2) is 37.7 Å². The molecule has 7 nitrogen and oxygen atoms in total. The highest BCUT2D eigenvalue weighted by Gasteiger charge is 2.13. The molecule has 1 amide bonds. The molecule has 1 aromatic heterocycles. The van der Waals surface area contributed by atoms with Crippen LogP contribution in [0, 0.1) is 0 Å². The van der Waals surface area contributed by atoms with Gasteiger partial charge in [-0.3, -0.25) is 9.59 Å². The first-order chi connectivity index (χ1) is 11.0. The van der Waals surface area contributed by atoms with E-state index in [-0.39, 0.29) is 19.0 Å². The maximum atomic E-state index is 12.3. The molecule has 0 aliphatic heterocycles. The van der Waals surface area contributed by atoms with Crippen LogP contribution in [0.5, 0.6) is 0 Å².